The topological polar surface area (TPSA) is 18.5 Å². The van der Waals surface area contributed by atoms with E-state index >= 15 is 0 Å². The molecule has 0 atom stereocenters. The summed E-state index contributed by atoms with van der Waals surface area (Å²) in [6, 6.07) is 0. The molecule has 0 N–H and O–H groups in total. The highest BCUT2D eigenvalue weighted by atomic mass is 16.6. The van der Waals surface area contributed by atoms with Gasteiger partial charge in [-0.3, -0.25) is 0 Å². The first-order chi connectivity index (χ1) is 6.92. The van der Waals surface area contributed by atoms with Gasteiger partial charge in [0, 0.05) is 5.57 Å². The van der Waals surface area contributed by atoms with Crippen molar-refractivity contribution in [1.82, 2.24) is 0 Å². The lowest BCUT2D eigenvalue weighted by Crippen LogP contribution is -2.31. The summed E-state index contributed by atoms with van der Waals surface area (Å²) in [5.41, 5.74) is 1.37. The summed E-state index contributed by atoms with van der Waals surface area (Å²) in [6.07, 6.45) is 8.19. The molecule has 2 rings (SSSR count). The largest absolute Gasteiger partial charge is 0.657 e. The zero-order valence-electron chi connectivity index (χ0n) is 9.70. The molecule has 0 aromatic carbocycles. The molecule has 3 heteroatoms. The third-order valence-corrected chi connectivity index (χ3v) is 3.55. The van der Waals surface area contributed by atoms with Crippen LogP contribution in [0.5, 0.6) is 0 Å². The Morgan fingerprint density at radius 3 is 2.40 bits per heavy atom. The quantitative estimate of drug-likeness (QED) is 0.610. The monoisotopic (exact) mass is 203 g/mol. The fraction of sp³-hybridized carbons (Fsp3) is 0.500. The van der Waals surface area contributed by atoms with Gasteiger partial charge in [-0.1, -0.05) is 45.9 Å². The molecule has 15 heavy (non-hydrogen) atoms. The number of hydrogen-bond donors (Lipinski definition) is 0. The van der Waals surface area contributed by atoms with E-state index in [0.717, 1.165) is 11.3 Å². The highest BCUT2D eigenvalue weighted by molar-refractivity contribution is 6.20. The molecule has 0 unspecified atom stereocenters. The molecular weight excluding hydrogens is 187 g/mol. The molecule has 0 amide bonds. The van der Waals surface area contributed by atoms with E-state index < -0.39 is 0 Å². The predicted octanol–water partition coefficient (Wildman–Crippen LogP) is 2.96. The van der Waals surface area contributed by atoms with E-state index in [-0.39, 0.29) is 10.8 Å². The van der Waals surface area contributed by atoms with Gasteiger partial charge in [0.15, 0.2) is 0 Å². The molecule has 0 spiro atoms. The van der Waals surface area contributed by atoms with E-state index in [1.54, 1.807) is 6.26 Å². The first kappa shape index (κ1) is 10.4. The summed E-state index contributed by atoms with van der Waals surface area (Å²) in [5, 5.41) is 0. The molecule has 0 bridgehead atoms. The smallest absolute Gasteiger partial charge is 0.529 e. The molecule has 1 aliphatic heterocycles. The van der Waals surface area contributed by atoms with E-state index in [9.17, 15) is 0 Å². The molecule has 79 valence electrons. The van der Waals surface area contributed by atoms with Gasteiger partial charge in [0.25, 0.3) is 0 Å². The highest BCUT2D eigenvalue weighted by Gasteiger charge is 2.36. The molecular formula is C12H16BO2. The van der Waals surface area contributed by atoms with Gasteiger partial charge in [-0.25, -0.2) is 0 Å². The first-order valence-electron chi connectivity index (χ1n) is 5.19. The van der Waals surface area contributed by atoms with Crippen molar-refractivity contribution in [1.29, 1.82) is 0 Å². The summed E-state index contributed by atoms with van der Waals surface area (Å²) in [5.74, 6) is 0.787. The van der Waals surface area contributed by atoms with Crippen LogP contribution >= 0.6 is 0 Å². The summed E-state index contributed by atoms with van der Waals surface area (Å²) in [7, 11) is 1.34. The van der Waals surface area contributed by atoms with E-state index in [1.807, 2.05) is 0 Å². The van der Waals surface area contributed by atoms with Crippen molar-refractivity contribution in [3.63, 3.8) is 0 Å². The van der Waals surface area contributed by atoms with Gasteiger partial charge in [0.1, 0.15) is 12.0 Å². The minimum absolute atomic E-state index is 0.115. The molecule has 1 radical (unpaired) electrons. The maximum absolute atomic E-state index is 5.25. The third kappa shape index (κ3) is 1.71. The van der Waals surface area contributed by atoms with Gasteiger partial charge in [0.05, 0.1) is 0 Å². The Morgan fingerprint density at radius 2 is 1.87 bits per heavy atom. The molecule has 2 aliphatic rings. The Morgan fingerprint density at radius 1 is 1.13 bits per heavy atom. The lowest BCUT2D eigenvalue weighted by Gasteiger charge is -2.40. The molecule has 0 saturated carbocycles. The van der Waals surface area contributed by atoms with E-state index in [4.69, 9.17) is 9.31 Å². The normalized spacial score (nSPS) is 25.9. The standard InChI is InChI=1S/C12H16BO2/c1-11(2)6-5-9(7-12(11,3)4)10-8-14-13-15-10/h5-8H,1-4H3. The van der Waals surface area contributed by atoms with Crippen LogP contribution < -0.4 is 0 Å². The second-order valence-electron chi connectivity index (χ2n) is 5.21. The first-order valence-corrected chi connectivity index (χ1v) is 5.19. The Balaban J connectivity index is 2.31. The van der Waals surface area contributed by atoms with E-state index in [2.05, 4.69) is 45.9 Å². The maximum Gasteiger partial charge on any atom is 0.657 e. The number of rotatable bonds is 1. The average Bonchev–Trinajstić information content (AvgIpc) is 2.62. The Kier molecular flexibility index (Phi) is 2.21. The SMILES string of the molecule is CC1(C)C=CC(C2=CO[B]O2)=CC1(C)C. The van der Waals surface area contributed by atoms with Gasteiger partial charge >= 0.3 is 7.69 Å². The molecule has 1 heterocycles. The van der Waals surface area contributed by atoms with Crippen LogP contribution in [0.15, 0.2) is 35.8 Å². The van der Waals surface area contributed by atoms with Gasteiger partial charge in [-0.15, -0.1) is 0 Å². The lowest BCUT2D eigenvalue weighted by molar-refractivity contribution is 0.227. The van der Waals surface area contributed by atoms with E-state index in [0.29, 0.717) is 0 Å². The number of allylic oxidation sites excluding steroid dienone is 3. The Labute approximate surface area is 92.0 Å². The maximum atomic E-state index is 5.25. The summed E-state index contributed by atoms with van der Waals surface area (Å²) in [4.78, 5) is 0. The molecule has 1 aliphatic carbocycles. The highest BCUT2D eigenvalue weighted by Crippen LogP contribution is 2.45. The minimum atomic E-state index is 0.115. The summed E-state index contributed by atoms with van der Waals surface area (Å²) < 4.78 is 10.2. The average molecular weight is 203 g/mol. The predicted molar refractivity (Wildman–Crippen MR) is 60.8 cm³/mol. The van der Waals surface area contributed by atoms with Crippen molar-refractivity contribution in [2.24, 2.45) is 10.8 Å². The summed E-state index contributed by atoms with van der Waals surface area (Å²) >= 11 is 0. The van der Waals surface area contributed by atoms with Crippen LogP contribution in [0.25, 0.3) is 0 Å². The van der Waals surface area contributed by atoms with Gasteiger partial charge in [-0.05, 0) is 10.8 Å². The zero-order valence-corrected chi connectivity index (χ0v) is 9.70. The molecule has 0 fully saturated rings. The van der Waals surface area contributed by atoms with Crippen molar-refractivity contribution in [3.05, 3.63) is 35.8 Å². The van der Waals surface area contributed by atoms with Crippen LogP contribution in [-0.4, -0.2) is 7.69 Å². The molecule has 0 saturated heterocycles. The van der Waals surface area contributed by atoms with Crippen molar-refractivity contribution < 1.29 is 9.31 Å². The minimum Gasteiger partial charge on any atom is -0.529 e. The molecule has 2 nitrogen and oxygen atoms in total. The van der Waals surface area contributed by atoms with E-state index in [1.165, 1.54) is 7.69 Å². The fourth-order valence-electron chi connectivity index (χ4n) is 1.62. The van der Waals surface area contributed by atoms with Crippen LogP contribution in [0.2, 0.25) is 0 Å². The Bertz CT molecular complexity index is 362. The van der Waals surface area contributed by atoms with Crippen molar-refractivity contribution in [2.45, 2.75) is 27.7 Å². The second-order valence-corrected chi connectivity index (χ2v) is 5.21. The van der Waals surface area contributed by atoms with Gasteiger partial charge < -0.3 is 9.31 Å². The lowest BCUT2D eigenvalue weighted by atomic mass is 9.64. The van der Waals surface area contributed by atoms with Crippen molar-refractivity contribution >= 4 is 7.69 Å². The van der Waals surface area contributed by atoms with Crippen molar-refractivity contribution in [3.8, 4) is 0 Å². The Hall–Kier alpha value is -1.12. The summed E-state index contributed by atoms with van der Waals surface area (Å²) in [6.45, 7) is 8.94. The van der Waals surface area contributed by atoms with Gasteiger partial charge in [-0.2, -0.15) is 0 Å². The van der Waals surface area contributed by atoms with Crippen molar-refractivity contribution in [2.75, 3.05) is 0 Å². The zero-order chi connectivity index (χ0) is 11.1. The number of hydrogen-bond acceptors (Lipinski definition) is 2. The van der Waals surface area contributed by atoms with Crippen LogP contribution in [0, 0.1) is 10.8 Å². The third-order valence-electron chi connectivity index (χ3n) is 3.55. The van der Waals surface area contributed by atoms with Crippen LogP contribution in [0.4, 0.5) is 0 Å². The molecule has 0 aromatic rings. The van der Waals surface area contributed by atoms with Crippen LogP contribution in [0.3, 0.4) is 0 Å². The fourth-order valence-corrected chi connectivity index (χ4v) is 1.62. The van der Waals surface area contributed by atoms with Gasteiger partial charge in [0.2, 0.25) is 0 Å². The second kappa shape index (κ2) is 3.19. The van der Waals surface area contributed by atoms with Crippen LogP contribution in [0.1, 0.15) is 27.7 Å². The van der Waals surface area contributed by atoms with Crippen LogP contribution in [-0.2, 0) is 9.31 Å². The molecule has 0 aromatic heterocycles.